The number of halogens is 2. The van der Waals surface area contributed by atoms with Crippen LogP contribution in [0, 0.1) is 0 Å². The minimum Gasteiger partial charge on any atom is -0.395 e. The lowest BCUT2D eigenvalue weighted by molar-refractivity contribution is 0.129. The lowest BCUT2D eigenvalue weighted by Gasteiger charge is -2.26. The number of aliphatic hydroxyl groups excluding tert-OH is 2. The number of hydrogen-bond acceptors (Lipinski definition) is 2. The summed E-state index contributed by atoms with van der Waals surface area (Å²) in [4.78, 5) is 0. The molecule has 2 nitrogen and oxygen atoms in total. The highest BCUT2D eigenvalue weighted by Gasteiger charge is 2.27. The van der Waals surface area contributed by atoms with Crippen LogP contribution in [0.15, 0.2) is 18.2 Å². The van der Waals surface area contributed by atoms with Gasteiger partial charge in [0.1, 0.15) is 0 Å². The van der Waals surface area contributed by atoms with Gasteiger partial charge in [-0.05, 0) is 17.7 Å². The van der Waals surface area contributed by atoms with E-state index in [1.54, 1.807) is 25.1 Å². The van der Waals surface area contributed by atoms with Gasteiger partial charge in [-0.1, -0.05) is 36.2 Å². The molecule has 2 N–H and O–H groups in total. The fraction of sp³-hybridized carbons (Fsp3) is 0.400. The van der Waals surface area contributed by atoms with Crippen molar-refractivity contribution in [2.45, 2.75) is 12.3 Å². The molecule has 0 bridgehead atoms. The summed E-state index contributed by atoms with van der Waals surface area (Å²) in [6.45, 7) is 1.41. The zero-order valence-corrected chi connectivity index (χ0v) is 9.31. The summed E-state index contributed by atoms with van der Waals surface area (Å²) in [5.74, 6) is 0. The predicted octanol–water partition coefficient (Wildman–Crippen LogP) is 2.24. The summed E-state index contributed by atoms with van der Waals surface area (Å²) in [7, 11) is 0. The molecule has 14 heavy (non-hydrogen) atoms. The summed E-state index contributed by atoms with van der Waals surface area (Å²) in [5.41, 5.74) is -0.0182. The Morgan fingerprint density at radius 1 is 1.21 bits per heavy atom. The molecule has 1 aromatic rings. The van der Waals surface area contributed by atoms with Crippen LogP contribution >= 0.6 is 23.2 Å². The molecule has 1 rings (SSSR count). The first-order valence-corrected chi connectivity index (χ1v) is 4.96. The molecule has 0 fully saturated rings. The molecule has 0 amide bonds. The topological polar surface area (TPSA) is 40.5 Å². The minimum absolute atomic E-state index is 0.162. The second kappa shape index (κ2) is 4.49. The zero-order chi connectivity index (χ0) is 10.8. The van der Waals surface area contributed by atoms with Crippen LogP contribution in [0.25, 0.3) is 0 Å². The Balaban J connectivity index is 3.17. The van der Waals surface area contributed by atoms with E-state index in [-0.39, 0.29) is 13.2 Å². The van der Waals surface area contributed by atoms with E-state index in [1.165, 1.54) is 0 Å². The third-order valence-electron chi connectivity index (χ3n) is 2.28. The van der Waals surface area contributed by atoms with E-state index in [4.69, 9.17) is 23.2 Å². The molecule has 0 spiro atoms. The lowest BCUT2D eigenvalue weighted by atomic mass is 9.84. The maximum Gasteiger partial charge on any atom is 0.0547 e. The van der Waals surface area contributed by atoms with E-state index in [1.807, 2.05) is 0 Å². The van der Waals surface area contributed by atoms with Crippen LogP contribution in [0.3, 0.4) is 0 Å². The average molecular weight is 235 g/mol. The molecule has 0 saturated heterocycles. The molecule has 78 valence electrons. The van der Waals surface area contributed by atoms with Crippen molar-refractivity contribution in [3.8, 4) is 0 Å². The molecule has 1 aromatic carbocycles. The first-order valence-electron chi connectivity index (χ1n) is 4.21. The van der Waals surface area contributed by atoms with Crippen molar-refractivity contribution >= 4 is 23.2 Å². The summed E-state index contributed by atoms with van der Waals surface area (Å²) in [5, 5.41) is 19.4. The second-order valence-electron chi connectivity index (χ2n) is 3.50. The Morgan fingerprint density at radius 3 is 2.21 bits per heavy atom. The van der Waals surface area contributed by atoms with E-state index in [2.05, 4.69) is 0 Å². The fourth-order valence-corrected chi connectivity index (χ4v) is 1.84. The van der Waals surface area contributed by atoms with Crippen LogP contribution < -0.4 is 0 Å². The molecule has 0 unspecified atom stereocenters. The third-order valence-corrected chi connectivity index (χ3v) is 2.83. The molecule has 0 heterocycles. The van der Waals surface area contributed by atoms with Gasteiger partial charge in [0.25, 0.3) is 0 Å². The Labute approximate surface area is 93.1 Å². The molecule has 0 aliphatic heterocycles. The highest BCUT2D eigenvalue weighted by atomic mass is 35.5. The molecule has 0 saturated carbocycles. The van der Waals surface area contributed by atoms with Gasteiger partial charge >= 0.3 is 0 Å². The van der Waals surface area contributed by atoms with Gasteiger partial charge in [-0.15, -0.1) is 0 Å². The van der Waals surface area contributed by atoms with Crippen LogP contribution in [0.5, 0.6) is 0 Å². The molecule has 0 aliphatic rings. The van der Waals surface area contributed by atoms with Gasteiger partial charge in [-0.3, -0.25) is 0 Å². The van der Waals surface area contributed by atoms with Crippen molar-refractivity contribution in [3.05, 3.63) is 33.8 Å². The van der Waals surface area contributed by atoms with Gasteiger partial charge in [0, 0.05) is 15.5 Å². The average Bonchev–Trinajstić information content (AvgIpc) is 2.17. The van der Waals surface area contributed by atoms with Gasteiger partial charge in [0.15, 0.2) is 0 Å². The fourth-order valence-electron chi connectivity index (χ4n) is 1.20. The van der Waals surface area contributed by atoms with Gasteiger partial charge < -0.3 is 10.2 Å². The molecular weight excluding hydrogens is 223 g/mol. The van der Waals surface area contributed by atoms with Gasteiger partial charge in [-0.25, -0.2) is 0 Å². The van der Waals surface area contributed by atoms with E-state index in [0.29, 0.717) is 15.6 Å². The molecule has 0 radical (unpaired) electrons. The van der Waals surface area contributed by atoms with Crippen LogP contribution in [-0.2, 0) is 5.41 Å². The zero-order valence-electron chi connectivity index (χ0n) is 7.80. The molecule has 4 heteroatoms. The summed E-state index contributed by atoms with van der Waals surface area (Å²) in [6.07, 6.45) is 0. The van der Waals surface area contributed by atoms with E-state index in [0.717, 1.165) is 0 Å². The smallest absolute Gasteiger partial charge is 0.0547 e. The van der Waals surface area contributed by atoms with Gasteiger partial charge in [0.2, 0.25) is 0 Å². The molecule has 0 atom stereocenters. The van der Waals surface area contributed by atoms with Crippen molar-refractivity contribution in [3.63, 3.8) is 0 Å². The standard InChI is InChI=1S/C10H12Cl2O2/c1-10(5-13,6-14)8-3-2-7(11)4-9(8)12/h2-4,13-14H,5-6H2,1H3. The van der Waals surface area contributed by atoms with Crippen molar-refractivity contribution in [2.75, 3.05) is 13.2 Å². The highest BCUT2D eigenvalue weighted by Crippen LogP contribution is 2.31. The van der Waals surface area contributed by atoms with Crippen LogP contribution in [0.4, 0.5) is 0 Å². The van der Waals surface area contributed by atoms with Crippen LogP contribution in [0.1, 0.15) is 12.5 Å². The number of hydrogen-bond donors (Lipinski definition) is 2. The number of aliphatic hydroxyl groups is 2. The number of rotatable bonds is 3. The maximum atomic E-state index is 9.18. The SMILES string of the molecule is CC(CO)(CO)c1ccc(Cl)cc1Cl. The summed E-state index contributed by atoms with van der Waals surface area (Å²) < 4.78 is 0. The van der Waals surface area contributed by atoms with Crippen molar-refractivity contribution in [2.24, 2.45) is 0 Å². The second-order valence-corrected chi connectivity index (χ2v) is 4.34. The Bertz CT molecular complexity index is 322. The summed E-state index contributed by atoms with van der Waals surface area (Å²) in [6, 6.07) is 5.01. The molecular formula is C10H12Cl2O2. The Kier molecular flexibility index (Phi) is 3.78. The first-order chi connectivity index (χ1) is 6.53. The minimum atomic E-state index is -0.721. The van der Waals surface area contributed by atoms with Gasteiger partial charge in [-0.2, -0.15) is 0 Å². The highest BCUT2D eigenvalue weighted by molar-refractivity contribution is 6.35. The molecule has 0 aliphatic carbocycles. The monoisotopic (exact) mass is 234 g/mol. The van der Waals surface area contributed by atoms with Crippen LogP contribution in [0.2, 0.25) is 10.0 Å². The van der Waals surface area contributed by atoms with Gasteiger partial charge in [0.05, 0.1) is 13.2 Å². The number of benzene rings is 1. The van der Waals surface area contributed by atoms with E-state index < -0.39 is 5.41 Å². The van der Waals surface area contributed by atoms with Crippen molar-refractivity contribution in [1.29, 1.82) is 0 Å². The third kappa shape index (κ3) is 2.20. The normalized spacial score (nSPS) is 11.8. The maximum absolute atomic E-state index is 9.18. The van der Waals surface area contributed by atoms with Crippen LogP contribution in [-0.4, -0.2) is 23.4 Å². The quantitative estimate of drug-likeness (QED) is 0.843. The van der Waals surface area contributed by atoms with Crippen molar-refractivity contribution < 1.29 is 10.2 Å². The van der Waals surface area contributed by atoms with E-state index in [9.17, 15) is 10.2 Å². The van der Waals surface area contributed by atoms with E-state index >= 15 is 0 Å². The largest absolute Gasteiger partial charge is 0.395 e. The predicted molar refractivity (Wildman–Crippen MR) is 58.0 cm³/mol. The Hall–Kier alpha value is -0.280. The Morgan fingerprint density at radius 2 is 1.79 bits per heavy atom. The summed E-state index contributed by atoms with van der Waals surface area (Å²) >= 11 is 11.7. The van der Waals surface area contributed by atoms with Crippen molar-refractivity contribution in [1.82, 2.24) is 0 Å². The lowest BCUT2D eigenvalue weighted by Crippen LogP contribution is -2.31. The first kappa shape index (κ1) is 11.8. The molecule has 0 aromatic heterocycles.